The number of carboxylic acid groups (broad SMARTS) is 1. The number of carboxylic acids is 1. The molecule has 1 aromatic carbocycles. The molecule has 0 spiro atoms. The normalized spacial score (nSPS) is 28.0. The maximum atomic E-state index is 12.3. The van der Waals surface area contributed by atoms with E-state index in [2.05, 4.69) is 0 Å². The Morgan fingerprint density at radius 2 is 1.95 bits per heavy atom. The summed E-state index contributed by atoms with van der Waals surface area (Å²) in [5.41, 5.74) is 0.0122. The molecule has 5 nitrogen and oxygen atoms in total. The Morgan fingerprint density at radius 1 is 1.29 bits per heavy atom. The maximum absolute atomic E-state index is 12.3. The molecule has 1 amide bonds. The van der Waals surface area contributed by atoms with Crippen LogP contribution in [0.3, 0.4) is 0 Å². The molecular weight excluding hydrogens is 270 g/mol. The molecule has 2 bridgehead atoms. The lowest BCUT2D eigenvalue weighted by molar-refractivity contribution is -0.161. The average molecular weight is 289 g/mol. The first-order valence-electron chi connectivity index (χ1n) is 7.30. The number of carbonyl (C=O) groups excluding carboxylic acids is 1. The largest absolute Gasteiger partial charge is 0.479 e. The summed E-state index contributed by atoms with van der Waals surface area (Å²) < 4.78 is 0. The van der Waals surface area contributed by atoms with Crippen LogP contribution < -0.4 is 0 Å². The molecule has 1 aromatic rings. The van der Waals surface area contributed by atoms with Crippen molar-refractivity contribution in [3.8, 4) is 0 Å². The second-order valence-electron chi connectivity index (χ2n) is 6.10. The summed E-state index contributed by atoms with van der Waals surface area (Å²) in [7, 11) is 0. The second-order valence-corrected chi connectivity index (χ2v) is 6.10. The molecule has 2 aliphatic heterocycles. The Kier molecular flexibility index (Phi) is 3.45. The van der Waals surface area contributed by atoms with Gasteiger partial charge in [-0.2, -0.15) is 0 Å². The van der Waals surface area contributed by atoms with Crippen LogP contribution >= 0.6 is 0 Å². The molecule has 112 valence electrons. The van der Waals surface area contributed by atoms with Gasteiger partial charge in [-0.15, -0.1) is 0 Å². The number of rotatable bonds is 5. The predicted molar refractivity (Wildman–Crippen MR) is 75.6 cm³/mol. The highest BCUT2D eigenvalue weighted by Crippen LogP contribution is 2.50. The molecule has 4 rings (SSSR count). The molecule has 5 heteroatoms. The van der Waals surface area contributed by atoms with Gasteiger partial charge in [0, 0.05) is 6.54 Å². The van der Waals surface area contributed by atoms with E-state index >= 15 is 0 Å². The number of amides is 1. The van der Waals surface area contributed by atoms with Crippen molar-refractivity contribution in [2.45, 2.75) is 37.3 Å². The fourth-order valence-electron chi connectivity index (χ4n) is 3.52. The summed E-state index contributed by atoms with van der Waals surface area (Å²) in [6.45, 7) is 0.466. The van der Waals surface area contributed by atoms with Crippen molar-refractivity contribution in [1.29, 1.82) is 0 Å². The first-order valence-corrected chi connectivity index (χ1v) is 7.30. The van der Waals surface area contributed by atoms with E-state index in [-0.39, 0.29) is 5.92 Å². The van der Waals surface area contributed by atoms with Gasteiger partial charge >= 0.3 is 5.97 Å². The number of benzene rings is 1. The van der Waals surface area contributed by atoms with Gasteiger partial charge in [0.05, 0.1) is 0 Å². The zero-order valence-electron chi connectivity index (χ0n) is 11.7. The number of hydrogen-bond donors (Lipinski definition) is 2. The Morgan fingerprint density at radius 3 is 2.57 bits per heavy atom. The van der Waals surface area contributed by atoms with E-state index in [0.717, 1.165) is 5.56 Å². The monoisotopic (exact) mass is 289 g/mol. The van der Waals surface area contributed by atoms with Crippen LogP contribution in [0, 0.1) is 5.92 Å². The first-order chi connectivity index (χ1) is 10.0. The molecule has 21 heavy (non-hydrogen) atoms. The molecule has 0 radical (unpaired) electrons. The van der Waals surface area contributed by atoms with Gasteiger partial charge in [-0.3, -0.25) is 4.79 Å². The van der Waals surface area contributed by atoms with Gasteiger partial charge in [0.1, 0.15) is 11.6 Å². The van der Waals surface area contributed by atoms with Crippen molar-refractivity contribution in [3.63, 3.8) is 0 Å². The van der Waals surface area contributed by atoms with Crippen molar-refractivity contribution < 1.29 is 19.8 Å². The van der Waals surface area contributed by atoms with Gasteiger partial charge < -0.3 is 15.1 Å². The molecule has 1 atom stereocenters. The lowest BCUT2D eigenvalue weighted by atomic mass is 9.73. The molecule has 3 fully saturated rings. The topological polar surface area (TPSA) is 77.8 Å². The van der Waals surface area contributed by atoms with Crippen molar-refractivity contribution >= 4 is 11.9 Å². The standard InChI is InChI=1S/C16H19NO4/c18-13(7-6-11-4-2-1-3-5-11)14(19)17-10-12-8-16(17,9-12)15(20)21/h1-5,12-13,18H,6-10H2,(H,20,21)/t12?,13-,16?/m1/s1. The van der Waals surface area contributed by atoms with Gasteiger partial charge in [0.25, 0.3) is 5.91 Å². The van der Waals surface area contributed by atoms with Gasteiger partial charge in [-0.05, 0) is 37.2 Å². The van der Waals surface area contributed by atoms with Gasteiger partial charge in [0.15, 0.2) is 0 Å². The number of aliphatic hydroxyl groups excluding tert-OH is 1. The number of aliphatic carboxylic acids is 1. The Hall–Kier alpha value is -1.88. The third-order valence-corrected chi connectivity index (χ3v) is 4.71. The van der Waals surface area contributed by atoms with Crippen LogP contribution in [0.1, 0.15) is 24.8 Å². The summed E-state index contributed by atoms with van der Waals surface area (Å²) in [6.07, 6.45) is 0.852. The van der Waals surface area contributed by atoms with Crippen LogP contribution in [-0.4, -0.2) is 45.2 Å². The average Bonchev–Trinajstić information content (AvgIpc) is 3.01. The van der Waals surface area contributed by atoms with Crippen molar-refractivity contribution in [3.05, 3.63) is 35.9 Å². The second kappa shape index (κ2) is 5.15. The molecule has 1 aliphatic carbocycles. The van der Waals surface area contributed by atoms with Crippen LogP contribution in [0.25, 0.3) is 0 Å². The molecule has 0 unspecified atom stereocenters. The quantitative estimate of drug-likeness (QED) is 0.849. The lowest BCUT2D eigenvalue weighted by Gasteiger charge is -2.38. The fourth-order valence-corrected chi connectivity index (χ4v) is 3.52. The summed E-state index contributed by atoms with van der Waals surface area (Å²) >= 11 is 0. The van der Waals surface area contributed by atoms with Crippen molar-refractivity contribution in [2.75, 3.05) is 6.54 Å². The van der Waals surface area contributed by atoms with E-state index in [1.807, 2.05) is 30.3 Å². The maximum Gasteiger partial charge on any atom is 0.329 e. The number of carbonyl (C=O) groups is 2. The third-order valence-electron chi connectivity index (χ3n) is 4.71. The molecule has 3 aliphatic rings. The third kappa shape index (κ3) is 2.31. The van der Waals surface area contributed by atoms with Gasteiger partial charge in [-0.25, -0.2) is 4.79 Å². The summed E-state index contributed by atoms with van der Waals surface area (Å²) in [6, 6.07) is 9.64. The lowest BCUT2D eigenvalue weighted by Crippen LogP contribution is -2.56. The number of aliphatic hydroxyl groups is 1. The SMILES string of the molecule is O=C([C@H](O)CCc1ccccc1)N1CC2CC1(C(=O)O)C2. The zero-order chi connectivity index (χ0) is 15.0. The molecule has 2 saturated heterocycles. The highest BCUT2D eigenvalue weighted by molar-refractivity contribution is 5.91. The summed E-state index contributed by atoms with van der Waals surface area (Å²) in [5, 5.41) is 19.4. The van der Waals surface area contributed by atoms with Gasteiger partial charge in [0.2, 0.25) is 0 Å². The highest BCUT2D eigenvalue weighted by atomic mass is 16.4. The number of hydrogen-bond acceptors (Lipinski definition) is 3. The van der Waals surface area contributed by atoms with E-state index in [1.165, 1.54) is 4.90 Å². The Bertz CT molecular complexity index is 551. The molecule has 0 aromatic heterocycles. The van der Waals surface area contributed by atoms with E-state index in [4.69, 9.17) is 0 Å². The fraction of sp³-hybridized carbons (Fsp3) is 0.500. The number of fused-ring (bicyclic) bond motifs is 1. The van der Waals surface area contributed by atoms with E-state index in [9.17, 15) is 19.8 Å². The van der Waals surface area contributed by atoms with E-state index in [0.29, 0.717) is 32.2 Å². The Labute approximate surface area is 123 Å². The van der Waals surface area contributed by atoms with Crippen LogP contribution in [-0.2, 0) is 16.0 Å². The molecule has 1 saturated carbocycles. The van der Waals surface area contributed by atoms with Crippen LogP contribution in [0.15, 0.2) is 30.3 Å². The Balaban J connectivity index is 1.61. The molecule has 2 N–H and O–H groups in total. The number of nitrogens with zero attached hydrogens (tertiary/aromatic N) is 1. The first kappa shape index (κ1) is 14.1. The van der Waals surface area contributed by atoms with Crippen LogP contribution in [0.4, 0.5) is 0 Å². The van der Waals surface area contributed by atoms with Crippen molar-refractivity contribution in [1.82, 2.24) is 4.90 Å². The highest BCUT2D eigenvalue weighted by Gasteiger charge is 2.63. The minimum absolute atomic E-state index is 0.284. The molecular formula is C16H19NO4. The minimum Gasteiger partial charge on any atom is -0.479 e. The van der Waals surface area contributed by atoms with Crippen LogP contribution in [0.5, 0.6) is 0 Å². The smallest absolute Gasteiger partial charge is 0.329 e. The predicted octanol–water partition coefficient (Wildman–Crippen LogP) is 1.06. The van der Waals surface area contributed by atoms with E-state index in [1.54, 1.807) is 0 Å². The minimum atomic E-state index is -1.12. The van der Waals surface area contributed by atoms with Crippen LogP contribution in [0.2, 0.25) is 0 Å². The van der Waals surface area contributed by atoms with Crippen molar-refractivity contribution in [2.24, 2.45) is 5.92 Å². The zero-order valence-corrected chi connectivity index (χ0v) is 11.7. The summed E-state index contributed by atoms with van der Waals surface area (Å²) in [4.78, 5) is 25.1. The van der Waals surface area contributed by atoms with Gasteiger partial charge in [-0.1, -0.05) is 30.3 Å². The van der Waals surface area contributed by atoms with E-state index < -0.39 is 23.5 Å². The molecule has 2 heterocycles. The number of aryl methyl sites for hydroxylation is 1. The summed E-state index contributed by atoms with van der Waals surface area (Å²) in [5.74, 6) is -1.10.